The summed E-state index contributed by atoms with van der Waals surface area (Å²) in [5.74, 6) is 6.50. The SMILES string of the molecule is CN(C)c1ccc(C(CC2CC2)NN)cc1. The highest BCUT2D eigenvalue weighted by Gasteiger charge is 2.25. The standard InChI is InChI=1S/C13H21N3/c1-16(2)12-7-5-11(6-8-12)13(15-14)9-10-3-4-10/h5-8,10,13,15H,3-4,9,14H2,1-2H3. The molecule has 1 aliphatic rings. The Hall–Kier alpha value is -1.06. The molecule has 16 heavy (non-hydrogen) atoms. The lowest BCUT2D eigenvalue weighted by molar-refractivity contribution is 0.487. The number of hydrazine groups is 1. The van der Waals surface area contributed by atoms with Crippen LogP contribution in [0.2, 0.25) is 0 Å². The number of anilines is 1. The molecule has 0 heterocycles. The molecule has 88 valence electrons. The van der Waals surface area contributed by atoms with Crippen molar-refractivity contribution in [1.29, 1.82) is 0 Å². The minimum atomic E-state index is 0.309. The zero-order chi connectivity index (χ0) is 11.5. The number of hydrogen-bond donors (Lipinski definition) is 2. The lowest BCUT2D eigenvalue weighted by Gasteiger charge is -2.18. The van der Waals surface area contributed by atoms with Crippen LogP contribution in [-0.4, -0.2) is 14.1 Å². The van der Waals surface area contributed by atoms with E-state index in [4.69, 9.17) is 5.84 Å². The van der Waals surface area contributed by atoms with Gasteiger partial charge < -0.3 is 4.90 Å². The molecule has 0 spiro atoms. The molecule has 3 heteroatoms. The third-order valence-corrected chi connectivity index (χ3v) is 3.28. The van der Waals surface area contributed by atoms with E-state index < -0.39 is 0 Å². The van der Waals surface area contributed by atoms with E-state index in [0.29, 0.717) is 6.04 Å². The average Bonchev–Trinajstić information content (AvgIpc) is 3.10. The van der Waals surface area contributed by atoms with Crippen LogP contribution in [0.25, 0.3) is 0 Å². The Kier molecular flexibility index (Phi) is 3.46. The fourth-order valence-corrected chi connectivity index (χ4v) is 1.99. The lowest BCUT2D eigenvalue weighted by Crippen LogP contribution is -2.28. The van der Waals surface area contributed by atoms with Gasteiger partial charge in [0.25, 0.3) is 0 Å². The van der Waals surface area contributed by atoms with E-state index in [1.165, 1.54) is 24.1 Å². The predicted octanol–water partition coefficient (Wildman–Crippen LogP) is 2.06. The molecule has 1 aliphatic carbocycles. The van der Waals surface area contributed by atoms with Crippen molar-refractivity contribution in [1.82, 2.24) is 5.43 Å². The van der Waals surface area contributed by atoms with Crippen LogP contribution in [0, 0.1) is 5.92 Å². The number of nitrogens with zero attached hydrogens (tertiary/aromatic N) is 1. The normalized spacial score (nSPS) is 17.2. The van der Waals surface area contributed by atoms with E-state index in [0.717, 1.165) is 12.3 Å². The van der Waals surface area contributed by atoms with Gasteiger partial charge in [-0.2, -0.15) is 0 Å². The largest absolute Gasteiger partial charge is 0.378 e. The number of nitrogens with one attached hydrogen (secondary N) is 1. The highest BCUT2D eigenvalue weighted by molar-refractivity contribution is 5.46. The number of nitrogens with two attached hydrogens (primary N) is 1. The molecule has 0 radical (unpaired) electrons. The molecule has 2 rings (SSSR count). The van der Waals surface area contributed by atoms with E-state index in [2.05, 4.69) is 48.7 Å². The van der Waals surface area contributed by atoms with Gasteiger partial charge in [-0.3, -0.25) is 11.3 Å². The molecule has 0 aromatic heterocycles. The van der Waals surface area contributed by atoms with E-state index in [9.17, 15) is 0 Å². The van der Waals surface area contributed by atoms with Crippen LogP contribution in [0.5, 0.6) is 0 Å². The van der Waals surface area contributed by atoms with Gasteiger partial charge in [0.15, 0.2) is 0 Å². The van der Waals surface area contributed by atoms with Crippen molar-refractivity contribution in [2.45, 2.75) is 25.3 Å². The maximum atomic E-state index is 5.62. The fraction of sp³-hybridized carbons (Fsp3) is 0.538. The van der Waals surface area contributed by atoms with Crippen molar-refractivity contribution < 1.29 is 0 Å². The number of benzene rings is 1. The van der Waals surface area contributed by atoms with Crippen LogP contribution in [0.4, 0.5) is 5.69 Å². The van der Waals surface area contributed by atoms with Crippen LogP contribution in [0.1, 0.15) is 30.9 Å². The van der Waals surface area contributed by atoms with Gasteiger partial charge in [-0.25, -0.2) is 0 Å². The first-order valence-electron chi connectivity index (χ1n) is 5.94. The Morgan fingerprint density at radius 2 is 1.94 bits per heavy atom. The summed E-state index contributed by atoms with van der Waals surface area (Å²) < 4.78 is 0. The predicted molar refractivity (Wildman–Crippen MR) is 68.2 cm³/mol. The molecule has 0 bridgehead atoms. The molecule has 0 aliphatic heterocycles. The molecular weight excluding hydrogens is 198 g/mol. The van der Waals surface area contributed by atoms with Gasteiger partial charge >= 0.3 is 0 Å². The first-order valence-corrected chi connectivity index (χ1v) is 5.94. The van der Waals surface area contributed by atoms with Gasteiger partial charge in [0.1, 0.15) is 0 Å². The van der Waals surface area contributed by atoms with E-state index in [1.807, 2.05) is 0 Å². The summed E-state index contributed by atoms with van der Waals surface area (Å²) in [6.45, 7) is 0. The van der Waals surface area contributed by atoms with Crippen molar-refractivity contribution in [3.05, 3.63) is 29.8 Å². The van der Waals surface area contributed by atoms with Crippen molar-refractivity contribution in [3.63, 3.8) is 0 Å². The summed E-state index contributed by atoms with van der Waals surface area (Å²) in [5.41, 5.74) is 5.44. The molecule has 1 saturated carbocycles. The van der Waals surface area contributed by atoms with Crippen molar-refractivity contribution in [3.8, 4) is 0 Å². The van der Waals surface area contributed by atoms with Gasteiger partial charge in [-0.05, 0) is 30.0 Å². The van der Waals surface area contributed by atoms with E-state index in [1.54, 1.807) is 0 Å². The Labute approximate surface area is 97.6 Å². The van der Waals surface area contributed by atoms with Crippen molar-refractivity contribution >= 4 is 5.69 Å². The third-order valence-electron chi connectivity index (χ3n) is 3.28. The maximum Gasteiger partial charge on any atom is 0.0462 e. The van der Waals surface area contributed by atoms with Gasteiger partial charge in [0, 0.05) is 25.8 Å². The van der Waals surface area contributed by atoms with Crippen LogP contribution < -0.4 is 16.2 Å². The Bertz CT molecular complexity index is 328. The Balaban J connectivity index is 2.05. The highest BCUT2D eigenvalue weighted by atomic mass is 15.2. The van der Waals surface area contributed by atoms with Gasteiger partial charge in [-0.1, -0.05) is 25.0 Å². The average molecular weight is 219 g/mol. The minimum absolute atomic E-state index is 0.309. The smallest absolute Gasteiger partial charge is 0.0462 e. The topological polar surface area (TPSA) is 41.3 Å². The lowest BCUT2D eigenvalue weighted by atomic mass is 10.0. The van der Waals surface area contributed by atoms with Crippen molar-refractivity contribution in [2.75, 3.05) is 19.0 Å². The van der Waals surface area contributed by atoms with Crippen molar-refractivity contribution in [2.24, 2.45) is 11.8 Å². The molecule has 1 unspecified atom stereocenters. The number of hydrogen-bond acceptors (Lipinski definition) is 3. The zero-order valence-electron chi connectivity index (χ0n) is 10.1. The fourth-order valence-electron chi connectivity index (χ4n) is 1.99. The minimum Gasteiger partial charge on any atom is -0.378 e. The molecule has 1 aromatic carbocycles. The Morgan fingerprint density at radius 3 is 2.38 bits per heavy atom. The first-order chi connectivity index (χ1) is 7.70. The third kappa shape index (κ3) is 2.74. The molecule has 0 saturated heterocycles. The molecule has 0 amide bonds. The molecule has 1 atom stereocenters. The van der Waals surface area contributed by atoms with E-state index in [-0.39, 0.29) is 0 Å². The maximum absolute atomic E-state index is 5.62. The zero-order valence-corrected chi connectivity index (χ0v) is 10.1. The van der Waals surface area contributed by atoms with Gasteiger partial charge in [-0.15, -0.1) is 0 Å². The van der Waals surface area contributed by atoms with E-state index >= 15 is 0 Å². The Morgan fingerprint density at radius 1 is 1.31 bits per heavy atom. The molecule has 3 nitrogen and oxygen atoms in total. The second kappa shape index (κ2) is 4.85. The second-order valence-corrected chi connectivity index (χ2v) is 4.88. The molecule has 1 aromatic rings. The highest BCUT2D eigenvalue weighted by Crippen LogP contribution is 2.37. The second-order valence-electron chi connectivity index (χ2n) is 4.88. The molecule has 1 fully saturated rings. The van der Waals surface area contributed by atoms with Crippen LogP contribution in [0.15, 0.2) is 24.3 Å². The van der Waals surface area contributed by atoms with Crippen LogP contribution in [0.3, 0.4) is 0 Å². The summed E-state index contributed by atoms with van der Waals surface area (Å²) >= 11 is 0. The van der Waals surface area contributed by atoms with Gasteiger partial charge in [0.2, 0.25) is 0 Å². The monoisotopic (exact) mass is 219 g/mol. The summed E-state index contributed by atoms with van der Waals surface area (Å²) in [6, 6.07) is 8.94. The molecular formula is C13H21N3. The van der Waals surface area contributed by atoms with Crippen LogP contribution >= 0.6 is 0 Å². The summed E-state index contributed by atoms with van der Waals surface area (Å²) in [5, 5.41) is 0. The summed E-state index contributed by atoms with van der Waals surface area (Å²) in [7, 11) is 4.11. The number of rotatable bonds is 5. The molecule has 3 N–H and O–H groups in total. The van der Waals surface area contributed by atoms with Gasteiger partial charge in [0.05, 0.1) is 0 Å². The summed E-state index contributed by atoms with van der Waals surface area (Å²) in [4.78, 5) is 2.11. The first kappa shape index (κ1) is 11.4. The summed E-state index contributed by atoms with van der Waals surface area (Å²) in [6.07, 6.45) is 3.90. The van der Waals surface area contributed by atoms with Crippen LogP contribution in [-0.2, 0) is 0 Å². The quantitative estimate of drug-likeness (QED) is 0.588.